The summed E-state index contributed by atoms with van der Waals surface area (Å²) in [4.78, 5) is 0. The molecule has 22 heavy (non-hydrogen) atoms. The molecule has 1 aromatic rings. The molecule has 0 aliphatic carbocycles. The van der Waals surface area contributed by atoms with Crippen LogP contribution in [-0.2, 0) is 7.05 Å². The summed E-state index contributed by atoms with van der Waals surface area (Å²) in [5.74, 6) is 0. The zero-order valence-corrected chi connectivity index (χ0v) is 14.0. The minimum Gasteiger partial charge on any atom is -0.215 e. The van der Waals surface area contributed by atoms with Gasteiger partial charge in [0.1, 0.15) is 19.2 Å². The maximum absolute atomic E-state index is 6.02. The number of hydrogen-bond acceptors (Lipinski definition) is 0. The van der Waals surface area contributed by atoms with Gasteiger partial charge in [-0.25, -0.2) is 4.57 Å². The van der Waals surface area contributed by atoms with Crippen LogP contribution < -0.4 is 10.2 Å². The van der Waals surface area contributed by atoms with Gasteiger partial charge < -0.3 is 0 Å². The molecule has 1 unspecified atom stereocenters. The molecule has 1 nitrogen and oxygen atoms in total. The predicted molar refractivity (Wildman–Crippen MR) is 107 cm³/mol. The van der Waals surface area contributed by atoms with Gasteiger partial charge >= 0.3 is 0 Å². The molecule has 1 atom stereocenters. The summed E-state index contributed by atoms with van der Waals surface area (Å²) in [5, 5.41) is -0.768. The average Bonchev–Trinajstić information content (AvgIpc) is 3.06. The molecule has 1 fully saturated rings. The largest absolute Gasteiger partial charge is 0.221 e. The molecule has 11 radical (unpaired) electrons. The van der Waals surface area contributed by atoms with Gasteiger partial charge in [0, 0.05) is 64.4 Å². The van der Waals surface area contributed by atoms with Gasteiger partial charge in [-0.2, -0.15) is 0 Å². The van der Waals surface area contributed by atoms with Crippen LogP contribution >= 0.6 is 0 Å². The molecular weight excluding hydrogens is 254 g/mol. The lowest BCUT2D eigenvalue weighted by molar-refractivity contribution is -0.654. The zero-order chi connectivity index (χ0) is 16.8. The topological polar surface area (TPSA) is 3.88 Å². The first-order valence-corrected chi connectivity index (χ1v) is 7.73. The molecular formula is C11H15B10N+. The lowest BCUT2D eigenvalue weighted by Gasteiger charge is -2.43. The van der Waals surface area contributed by atoms with Crippen molar-refractivity contribution in [3.63, 3.8) is 0 Å². The van der Waals surface area contributed by atoms with E-state index in [9.17, 15) is 0 Å². The summed E-state index contributed by atoms with van der Waals surface area (Å²) >= 11 is 0. The van der Waals surface area contributed by atoms with E-state index in [1.807, 2.05) is 0 Å². The van der Waals surface area contributed by atoms with E-state index in [0.29, 0.717) is 13.2 Å². The third-order valence-electron chi connectivity index (χ3n) is 5.52. The molecule has 11 heteroatoms. The molecule has 0 saturated carbocycles. The normalized spacial score (nSPS) is 17.4. The molecule has 0 spiro atoms. The van der Waals surface area contributed by atoms with Gasteiger partial charge in [-0.3, -0.25) is 0 Å². The number of nitrogens with zero attached hydrogens (tertiary/aromatic N) is 1. The number of pyridine rings is 1. The van der Waals surface area contributed by atoms with Gasteiger partial charge in [-0.05, 0) is 25.5 Å². The summed E-state index contributed by atoms with van der Waals surface area (Å²) in [6.45, 7) is 5.69. The minimum absolute atomic E-state index is 0.144. The van der Waals surface area contributed by atoms with Crippen LogP contribution in [0.2, 0.25) is 17.7 Å². The SMILES string of the molecule is [B][B]C(B([B])[B])(B([B])[B])C1B(C)B1c1cc(C)c(C)c[n+]1C. The molecule has 0 N–H and O–H groups in total. The van der Waals surface area contributed by atoms with E-state index in [1.165, 1.54) is 23.9 Å². The van der Waals surface area contributed by atoms with Crippen molar-refractivity contribution in [2.75, 3.05) is 0 Å². The van der Waals surface area contributed by atoms with Crippen LogP contribution in [0, 0.1) is 13.8 Å². The Labute approximate surface area is 144 Å². The second-order valence-corrected chi connectivity index (χ2v) is 6.80. The highest BCUT2D eigenvalue weighted by atomic mass is 14.9. The van der Waals surface area contributed by atoms with Gasteiger partial charge in [0.25, 0.3) is 0 Å². The molecule has 0 amide bonds. The summed E-state index contributed by atoms with van der Waals surface area (Å²) in [6.07, 6.45) is 2.14. The van der Waals surface area contributed by atoms with E-state index in [4.69, 9.17) is 38.7 Å². The van der Waals surface area contributed by atoms with E-state index >= 15 is 0 Å². The first-order chi connectivity index (χ1) is 10.2. The van der Waals surface area contributed by atoms with Crippen LogP contribution in [0.4, 0.5) is 0 Å². The first kappa shape index (κ1) is 18.1. The van der Waals surface area contributed by atoms with Crippen molar-refractivity contribution < 1.29 is 4.57 Å². The van der Waals surface area contributed by atoms with Gasteiger partial charge in [-0.1, -0.05) is 6.82 Å². The van der Waals surface area contributed by atoms with Crippen molar-refractivity contribution in [2.24, 2.45) is 7.05 Å². The van der Waals surface area contributed by atoms with Crippen LogP contribution in [0.3, 0.4) is 0 Å². The molecule has 1 saturated heterocycles. The Hall–Kier alpha value is -0.201. The van der Waals surface area contributed by atoms with Crippen molar-refractivity contribution >= 4 is 77.6 Å². The van der Waals surface area contributed by atoms with Gasteiger partial charge in [0.2, 0.25) is 6.60 Å². The Morgan fingerprint density at radius 3 is 2.18 bits per heavy atom. The fourth-order valence-corrected chi connectivity index (χ4v) is 3.92. The predicted octanol–water partition coefficient (Wildman–Crippen LogP) is -2.37. The van der Waals surface area contributed by atoms with E-state index in [1.54, 1.807) is 0 Å². The van der Waals surface area contributed by atoms with Crippen molar-refractivity contribution in [3.8, 4) is 0 Å². The Morgan fingerprint density at radius 2 is 1.73 bits per heavy atom. The summed E-state index contributed by atoms with van der Waals surface area (Å²) in [6, 6.07) is 2.22. The van der Waals surface area contributed by atoms with Crippen LogP contribution in [0.5, 0.6) is 0 Å². The maximum atomic E-state index is 6.02. The van der Waals surface area contributed by atoms with E-state index in [0.717, 1.165) is 0 Å². The molecule has 2 rings (SSSR count). The molecule has 93 valence electrons. The van der Waals surface area contributed by atoms with Crippen LogP contribution in [0.15, 0.2) is 12.3 Å². The van der Waals surface area contributed by atoms with Crippen LogP contribution in [-0.4, -0.2) is 72.1 Å². The Kier molecular flexibility index (Phi) is 5.25. The monoisotopic (exact) mass is 271 g/mol. The summed E-state index contributed by atoms with van der Waals surface area (Å²) in [7, 11) is 33.5. The van der Waals surface area contributed by atoms with Gasteiger partial charge in [0.15, 0.2) is 6.20 Å². The maximum Gasteiger partial charge on any atom is 0.221 e. The standard InChI is InChI=1S/C11H15B10N/c1-7-5-9(22(4)6-8(7)2)19-10(18(19)3)11(17-12,20(13)14)21(15)16/h5-6,10H,1-4H3/q+1. The number of rotatable bonds is 5. The fraction of sp³-hybridized carbons (Fsp3) is 0.545. The van der Waals surface area contributed by atoms with Crippen molar-refractivity contribution in [1.29, 1.82) is 0 Å². The van der Waals surface area contributed by atoms with Crippen molar-refractivity contribution in [3.05, 3.63) is 23.4 Å². The highest BCUT2D eigenvalue weighted by Crippen LogP contribution is 2.54. The van der Waals surface area contributed by atoms with Crippen molar-refractivity contribution in [1.82, 2.24) is 0 Å². The highest BCUT2D eigenvalue weighted by molar-refractivity contribution is 7.54. The molecule has 1 aliphatic heterocycles. The van der Waals surface area contributed by atoms with E-state index < -0.39 is 18.1 Å². The Morgan fingerprint density at radius 1 is 1.18 bits per heavy atom. The lowest BCUT2D eigenvalue weighted by Crippen LogP contribution is -2.55. The lowest BCUT2D eigenvalue weighted by atomic mass is 8.84. The molecule has 0 bridgehead atoms. The van der Waals surface area contributed by atoms with Crippen molar-refractivity contribution in [2.45, 2.75) is 31.5 Å². The molecule has 1 aliphatic rings. The smallest absolute Gasteiger partial charge is 0.215 e. The molecule has 1 aromatic heterocycles. The van der Waals surface area contributed by atoms with E-state index in [-0.39, 0.29) is 5.72 Å². The van der Waals surface area contributed by atoms with Gasteiger partial charge in [0.05, 0.1) is 0 Å². The number of hydrogen-bond donors (Lipinski definition) is 0. The fourth-order valence-electron chi connectivity index (χ4n) is 3.92. The highest BCUT2D eigenvalue weighted by Gasteiger charge is 2.65. The van der Waals surface area contributed by atoms with Crippen LogP contribution in [0.1, 0.15) is 11.1 Å². The number of aromatic nitrogens is 1. The molecule has 2 heterocycles. The minimum atomic E-state index is -0.768. The second kappa shape index (κ2) is 6.36. The first-order valence-electron chi connectivity index (χ1n) is 7.73. The third kappa shape index (κ3) is 2.71. The Bertz CT molecular complexity index is 554. The summed E-state index contributed by atoms with van der Waals surface area (Å²) in [5.41, 5.74) is 3.92. The van der Waals surface area contributed by atoms with Crippen LogP contribution in [0.25, 0.3) is 0 Å². The number of aryl methyl sites for hydroxylation is 3. The quantitative estimate of drug-likeness (QED) is 0.416. The second-order valence-electron chi connectivity index (χ2n) is 6.80. The Balaban J connectivity index is 2.43. The zero-order valence-electron chi connectivity index (χ0n) is 14.0. The average molecular weight is 269 g/mol. The molecule has 0 aromatic carbocycles. The van der Waals surface area contributed by atoms with Gasteiger partial charge in [-0.15, -0.1) is 10.8 Å². The van der Waals surface area contributed by atoms with E-state index in [2.05, 4.69) is 44.5 Å². The third-order valence-corrected chi connectivity index (χ3v) is 5.52. The summed E-state index contributed by atoms with van der Waals surface area (Å²) < 4.78 is 2.16.